The number of carboxylic acid groups (broad SMARTS) is 1. The van der Waals surface area contributed by atoms with Gasteiger partial charge < -0.3 is 5.11 Å². The molecule has 0 aromatic carbocycles. The van der Waals surface area contributed by atoms with Crippen LogP contribution in [0.15, 0.2) is 16.3 Å². The highest BCUT2D eigenvalue weighted by molar-refractivity contribution is 7.91. The van der Waals surface area contributed by atoms with Crippen LogP contribution in [0.2, 0.25) is 0 Å². The first-order chi connectivity index (χ1) is 8.88. The quantitative estimate of drug-likeness (QED) is 0.803. The number of nitrogens with one attached hydrogen (secondary N) is 1. The Kier molecular flexibility index (Phi) is 4.27. The molecule has 1 fully saturated rings. The second kappa shape index (κ2) is 5.60. The zero-order chi connectivity index (χ0) is 14.0. The van der Waals surface area contributed by atoms with Gasteiger partial charge in [0.15, 0.2) is 0 Å². The summed E-state index contributed by atoms with van der Waals surface area (Å²) in [6, 6.07) is 3.02. The Hall–Kier alpha value is -0.920. The lowest BCUT2D eigenvalue weighted by Gasteiger charge is -2.10. The van der Waals surface area contributed by atoms with E-state index in [2.05, 4.69) is 4.72 Å². The molecule has 1 heterocycles. The number of carbonyl (C=O) groups is 1. The van der Waals surface area contributed by atoms with Gasteiger partial charge in [0.25, 0.3) is 0 Å². The van der Waals surface area contributed by atoms with Gasteiger partial charge in [0.1, 0.15) is 4.21 Å². The van der Waals surface area contributed by atoms with Crippen molar-refractivity contribution in [3.8, 4) is 0 Å². The van der Waals surface area contributed by atoms with Crippen LogP contribution in [0, 0.1) is 11.8 Å². The summed E-state index contributed by atoms with van der Waals surface area (Å²) in [6.45, 7) is 2.49. The number of rotatable bonds is 7. The summed E-state index contributed by atoms with van der Waals surface area (Å²) in [5, 5.41) is 8.66. The van der Waals surface area contributed by atoms with Crippen LogP contribution in [0.3, 0.4) is 0 Å². The fourth-order valence-corrected chi connectivity index (χ4v) is 4.43. The third-order valence-corrected chi connectivity index (χ3v) is 6.25. The fraction of sp³-hybridized carbons (Fsp3) is 0.583. The number of hydrogen-bond donors (Lipinski definition) is 2. The van der Waals surface area contributed by atoms with E-state index in [0.29, 0.717) is 23.3 Å². The fourth-order valence-electron chi connectivity index (χ4n) is 1.89. The van der Waals surface area contributed by atoms with E-state index in [4.69, 9.17) is 5.11 Å². The maximum Gasteiger partial charge on any atom is 0.308 e. The third-order valence-electron chi connectivity index (χ3n) is 3.25. The summed E-state index contributed by atoms with van der Waals surface area (Å²) < 4.78 is 26.8. The number of aliphatic carboxylic acids is 1. The van der Waals surface area contributed by atoms with E-state index in [1.807, 2.05) is 6.92 Å². The van der Waals surface area contributed by atoms with Gasteiger partial charge in [-0.05, 0) is 36.8 Å². The Morgan fingerprint density at radius 3 is 2.79 bits per heavy atom. The van der Waals surface area contributed by atoms with Crippen molar-refractivity contribution in [2.45, 2.75) is 30.4 Å². The van der Waals surface area contributed by atoms with Gasteiger partial charge >= 0.3 is 5.97 Å². The Labute approximate surface area is 116 Å². The molecule has 0 saturated heterocycles. The standard InChI is InChI=1S/C12H17NO4S2/c1-8(9-2-3-9)7-13-19(16,17)12-5-4-10(18-12)6-11(14)15/h4-5,8-9,13H,2-3,6-7H2,1H3,(H,14,15). The molecule has 2 N–H and O–H groups in total. The molecule has 1 aromatic heterocycles. The van der Waals surface area contributed by atoms with Crippen LogP contribution in [-0.2, 0) is 21.2 Å². The molecule has 0 amide bonds. The van der Waals surface area contributed by atoms with Crippen LogP contribution < -0.4 is 4.72 Å². The topological polar surface area (TPSA) is 83.5 Å². The molecule has 5 nitrogen and oxygen atoms in total. The van der Waals surface area contributed by atoms with Crippen LogP contribution >= 0.6 is 11.3 Å². The number of hydrogen-bond acceptors (Lipinski definition) is 4. The van der Waals surface area contributed by atoms with Gasteiger partial charge in [-0.15, -0.1) is 11.3 Å². The molecule has 7 heteroatoms. The molecule has 1 unspecified atom stereocenters. The minimum Gasteiger partial charge on any atom is -0.481 e. The average Bonchev–Trinajstić information content (AvgIpc) is 3.06. The molecule has 1 aliphatic carbocycles. The predicted octanol–water partition coefficient (Wildman–Crippen LogP) is 1.70. The Balaban J connectivity index is 1.97. The minimum absolute atomic E-state index is 0.140. The van der Waals surface area contributed by atoms with Gasteiger partial charge in [-0.2, -0.15) is 0 Å². The van der Waals surface area contributed by atoms with E-state index in [9.17, 15) is 13.2 Å². The van der Waals surface area contributed by atoms with E-state index in [1.165, 1.54) is 18.9 Å². The van der Waals surface area contributed by atoms with Crippen molar-refractivity contribution in [2.75, 3.05) is 6.54 Å². The highest BCUT2D eigenvalue weighted by Gasteiger charge is 2.29. The molecule has 19 heavy (non-hydrogen) atoms. The zero-order valence-electron chi connectivity index (χ0n) is 10.6. The molecule has 1 atom stereocenters. The smallest absolute Gasteiger partial charge is 0.308 e. The normalized spacial score (nSPS) is 17.3. The van der Waals surface area contributed by atoms with Crippen LogP contribution in [0.5, 0.6) is 0 Å². The van der Waals surface area contributed by atoms with Gasteiger partial charge in [-0.25, -0.2) is 13.1 Å². The van der Waals surface area contributed by atoms with Crippen molar-refractivity contribution >= 4 is 27.3 Å². The van der Waals surface area contributed by atoms with Crippen molar-refractivity contribution in [3.63, 3.8) is 0 Å². The molecular weight excluding hydrogens is 286 g/mol. The first-order valence-electron chi connectivity index (χ1n) is 6.18. The van der Waals surface area contributed by atoms with Crippen molar-refractivity contribution in [2.24, 2.45) is 11.8 Å². The van der Waals surface area contributed by atoms with Gasteiger partial charge in [-0.3, -0.25) is 4.79 Å². The molecule has 0 spiro atoms. The summed E-state index contributed by atoms with van der Waals surface area (Å²) in [7, 11) is -3.50. The maximum atomic E-state index is 12.0. The molecule has 106 valence electrons. The van der Waals surface area contributed by atoms with E-state index >= 15 is 0 Å². The number of carboxylic acids is 1. The van der Waals surface area contributed by atoms with Crippen LogP contribution in [0.25, 0.3) is 0 Å². The highest BCUT2D eigenvalue weighted by Crippen LogP contribution is 2.36. The summed E-state index contributed by atoms with van der Waals surface area (Å²) in [6.07, 6.45) is 2.23. The van der Waals surface area contributed by atoms with Gasteiger partial charge in [-0.1, -0.05) is 6.92 Å². The van der Waals surface area contributed by atoms with E-state index in [0.717, 1.165) is 11.3 Å². The van der Waals surface area contributed by atoms with E-state index in [-0.39, 0.29) is 10.6 Å². The lowest BCUT2D eigenvalue weighted by molar-refractivity contribution is -0.136. The molecule has 2 rings (SSSR count). The van der Waals surface area contributed by atoms with Crippen molar-refractivity contribution in [3.05, 3.63) is 17.0 Å². The summed E-state index contributed by atoms with van der Waals surface area (Å²) >= 11 is 1.01. The van der Waals surface area contributed by atoms with Crippen molar-refractivity contribution in [1.82, 2.24) is 4.72 Å². The number of sulfonamides is 1. The Morgan fingerprint density at radius 2 is 2.21 bits per heavy atom. The zero-order valence-corrected chi connectivity index (χ0v) is 12.3. The van der Waals surface area contributed by atoms with Gasteiger partial charge in [0.05, 0.1) is 6.42 Å². The third kappa shape index (κ3) is 4.02. The monoisotopic (exact) mass is 303 g/mol. The molecule has 0 radical (unpaired) electrons. The molecule has 1 saturated carbocycles. The molecule has 0 aliphatic heterocycles. The first-order valence-corrected chi connectivity index (χ1v) is 8.48. The molecule has 0 bridgehead atoms. The van der Waals surface area contributed by atoms with E-state index in [1.54, 1.807) is 6.07 Å². The second-order valence-electron chi connectivity index (χ2n) is 4.96. The second-order valence-corrected chi connectivity index (χ2v) is 8.12. The number of thiophene rings is 1. The van der Waals surface area contributed by atoms with Crippen molar-refractivity contribution < 1.29 is 18.3 Å². The molecule has 1 aliphatic rings. The van der Waals surface area contributed by atoms with Crippen LogP contribution in [-0.4, -0.2) is 26.0 Å². The lowest BCUT2D eigenvalue weighted by Crippen LogP contribution is -2.28. The Morgan fingerprint density at radius 1 is 1.53 bits per heavy atom. The van der Waals surface area contributed by atoms with Gasteiger partial charge in [0, 0.05) is 11.4 Å². The van der Waals surface area contributed by atoms with Crippen molar-refractivity contribution in [1.29, 1.82) is 0 Å². The predicted molar refractivity (Wildman–Crippen MR) is 72.7 cm³/mol. The minimum atomic E-state index is -3.50. The van der Waals surface area contributed by atoms with Gasteiger partial charge in [0.2, 0.25) is 10.0 Å². The SMILES string of the molecule is CC(CNS(=O)(=O)c1ccc(CC(=O)O)s1)C1CC1. The Bertz CT molecular complexity index is 560. The maximum absolute atomic E-state index is 12.0. The van der Waals surface area contributed by atoms with Crippen LogP contribution in [0.4, 0.5) is 0 Å². The summed E-state index contributed by atoms with van der Waals surface area (Å²) in [4.78, 5) is 11.1. The first kappa shape index (κ1) is 14.5. The lowest BCUT2D eigenvalue weighted by atomic mass is 10.1. The summed E-state index contributed by atoms with van der Waals surface area (Å²) in [5.74, 6) is 0.0444. The highest BCUT2D eigenvalue weighted by atomic mass is 32.2. The van der Waals surface area contributed by atoms with Crippen LogP contribution in [0.1, 0.15) is 24.6 Å². The average molecular weight is 303 g/mol. The van der Waals surface area contributed by atoms with E-state index < -0.39 is 16.0 Å². The molecular formula is C12H17NO4S2. The summed E-state index contributed by atoms with van der Waals surface area (Å²) in [5.41, 5.74) is 0. The largest absolute Gasteiger partial charge is 0.481 e. The molecule has 1 aromatic rings.